The third-order valence-electron chi connectivity index (χ3n) is 2.87. The van der Waals surface area contributed by atoms with Crippen LogP contribution in [0.25, 0.3) is 0 Å². The van der Waals surface area contributed by atoms with Gasteiger partial charge in [0.2, 0.25) is 5.91 Å². The molecular weight excluding hydrogens is 214 g/mol. The van der Waals surface area contributed by atoms with Gasteiger partial charge >= 0.3 is 0 Å². The zero-order valence-corrected chi connectivity index (χ0v) is 10.5. The highest BCUT2D eigenvalue weighted by Gasteiger charge is 2.22. The molecule has 17 heavy (non-hydrogen) atoms. The van der Waals surface area contributed by atoms with Gasteiger partial charge in [-0.3, -0.25) is 4.79 Å². The first-order valence-corrected chi connectivity index (χ1v) is 5.70. The standard InChI is InChI=1S/C14H19NO2/c1-4-8-13(16)15(3)11(2)14(17)12-9-6-5-7-10-12/h4-11,14,17H,1-3H3/b8-4+/t11-,14-/m0/s1. The van der Waals surface area contributed by atoms with Crippen molar-refractivity contribution in [3.05, 3.63) is 48.0 Å². The van der Waals surface area contributed by atoms with Crippen molar-refractivity contribution >= 4 is 5.91 Å². The molecule has 0 aliphatic rings. The molecule has 92 valence electrons. The Morgan fingerprint density at radius 3 is 2.47 bits per heavy atom. The molecule has 3 heteroatoms. The van der Waals surface area contributed by atoms with Crippen molar-refractivity contribution < 1.29 is 9.90 Å². The fourth-order valence-corrected chi connectivity index (χ4v) is 1.60. The van der Waals surface area contributed by atoms with E-state index in [4.69, 9.17) is 0 Å². The van der Waals surface area contributed by atoms with Crippen molar-refractivity contribution in [1.82, 2.24) is 4.90 Å². The second kappa shape index (κ2) is 6.21. The predicted octanol–water partition coefficient (Wildman–Crippen LogP) is 2.14. The molecule has 2 atom stereocenters. The minimum Gasteiger partial charge on any atom is -0.386 e. The Bertz CT molecular complexity index is 386. The van der Waals surface area contributed by atoms with Gasteiger partial charge in [0, 0.05) is 7.05 Å². The van der Waals surface area contributed by atoms with Gasteiger partial charge in [0.05, 0.1) is 12.1 Å². The lowest BCUT2D eigenvalue weighted by molar-refractivity contribution is -0.128. The Labute approximate surface area is 102 Å². The predicted molar refractivity (Wildman–Crippen MR) is 68.4 cm³/mol. The number of benzene rings is 1. The fraction of sp³-hybridized carbons (Fsp3) is 0.357. The Morgan fingerprint density at radius 1 is 1.35 bits per heavy atom. The zero-order valence-electron chi connectivity index (χ0n) is 10.5. The number of allylic oxidation sites excluding steroid dienone is 1. The number of amides is 1. The lowest BCUT2D eigenvalue weighted by Gasteiger charge is -2.28. The van der Waals surface area contributed by atoms with E-state index in [9.17, 15) is 9.90 Å². The molecule has 3 nitrogen and oxygen atoms in total. The molecule has 0 fully saturated rings. The number of carbonyl (C=O) groups excluding carboxylic acids is 1. The van der Waals surface area contributed by atoms with Crippen LogP contribution in [0.15, 0.2) is 42.5 Å². The van der Waals surface area contributed by atoms with Crippen LogP contribution in [0.2, 0.25) is 0 Å². The molecule has 1 aromatic rings. The quantitative estimate of drug-likeness (QED) is 0.809. The average molecular weight is 233 g/mol. The monoisotopic (exact) mass is 233 g/mol. The molecule has 0 aliphatic carbocycles. The molecule has 0 aromatic heterocycles. The number of rotatable bonds is 4. The van der Waals surface area contributed by atoms with Crippen molar-refractivity contribution in [2.45, 2.75) is 26.0 Å². The van der Waals surface area contributed by atoms with E-state index in [1.165, 1.54) is 11.0 Å². The highest BCUT2D eigenvalue weighted by atomic mass is 16.3. The summed E-state index contributed by atoms with van der Waals surface area (Å²) in [5, 5.41) is 10.2. The first-order valence-electron chi connectivity index (χ1n) is 5.70. The number of likely N-dealkylation sites (N-methyl/N-ethyl adjacent to an activating group) is 1. The van der Waals surface area contributed by atoms with Crippen LogP contribution in [0.1, 0.15) is 25.5 Å². The third kappa shape index (κ3) is 3.43. The molecule has 1 rings (SSSR count). The van der Waals surface area contributed by atoms with Crippen LogP contribution >= 0.6 is 0 Å². The van der Waals surface area contributed by atoms with Gasteiger partial charge in [0.15, 0.2) is 0 Å². The zero-order chi connectivity index (χ0) is 12.8. The van der Waals surface area contributed by atoms with Crippen LogP contribution in [0.3, 0.4) is 0 Å². The fourth-order valence-electron chi connectivity index (χ4n) is 1.60. The van der Waals surface area contributed by atoms with Crippen LogP contribution < -0.4 is 0 Å². The first kappa shape index (κ1) is 13.5. The lowest BCUT2D eigenvalue weighted by Crippen LogP contribution is -2.38. The Balaban J connectivity index is 2.76. The molecule has 0 radical (unpaired) electrons. The SMILES string of the molecule is C/C=C/C(=O)N(C)[C@@H](C)[C@H](O)c1ccccc1. The van der Waals surface area contributed by atoms with Crippen LogP contribution in [0.5, 0.6) is 0 Å². The molecule has 0 unspecified atom stereocenters. The van der Waals surface area contributed by atoms with E-state index in [0.29, 0.717) is 0 Å². The van der Waals surface area contributed by atoms with Crippen molar-refractivity contribution in [1.29, 1.82) is 0 Å². The normalized spacial score (nSPS) is 14.6. The number of hydrogen-bond donors (Lipinski definition) is 1. The molecule has 1 amide bonds. The number of hydrogen-bond acceptors (Lipinski definition) is 2. The highest BCUT2D eigenvalue weighted by Crippen LogP contribution is 2.19. The van der Waals surface area contributed by atoms with Gasteiger partial charge in [-0.15, -0.1) is 0 Å². The Kier molecular flexibility index (Phi) is 4.91. The molecule has 0 spiro atoms. The van der Waals surface area contributed by atoms with E-state index < -0.39 is 6.10 Å². The minimum absolute atomic E-state index is 0.102. The Morgan fingerprint density at radius 2 is 1.94 bits per heavy atom. The molecule has 0 saturated carbocycles. The summed E-state index contributed by atoms with van der Waals surface area (Å²) in [6, 6.07) is 9.10. The van der Waals surface area contributed by atoms with E-state index in [-0.39, 0.29) is 11.9 Å². The molecule has 0 saturated heterocycles. The van der Waals surface area contributed by atoms with Crippen LogP contribution in [0, 0.1) is 0 Å². The number of carbonyl (C=O) groups is 1. The van der Waals surface area contributed by atoms with E-state index in [1.54, 1.807) is 20.0 Å². The minimum atomic E-state index is -0.671. The second-order valence-corrected chi connectivity index (χ2v) is 4.05. The maximum atomic E-state index is 11.6. The summed E-state index contributed by atoms with van der Waals surface area (Å²) in [5.74, 6) is -0.102. The summed E-state index contributed by atoms with van der Waals surface area (Å²) in [6.07, 6.45) is 2.52. The van der Waals surface area contributed by atoms with Gasteiger partial charge in [-0.1, -0.05) is 36.4 Å². The first-order chi connectivity index (χ1) is 8.07. The highest BCUT2D eigenvalue weighted by molar-refractivity contribution is 5.87. The van der Waals surface area contributed by atoms with E-state index in [1.807, 2.05) is 37.3 Å². The molecule has 0 bridgehead atoms. The summed E-state index contributed by atoms with van der Waals surface area (Å²) < 4.78 is 0. The van der Waals surface area contributed by atoms with Crippen molar-refractivity contribution in [2.24, 2.45) is 0 Å². The molecule has 1 aromatic carbocycles. The summed E-state index contributed by atoms with van der Waals surface area (Å²) in [4.78, 5) is 13.2. The number of aliphatic hydroxyl groups is 1. The lowest BCUT2D eigenvalue weighted by atomic mass is 10.0. The van der Waals surface area contributed by atoms with Crippen molar-refractivity contribution in [2.75, 3.05) is 7.05 Å². The van der Waals surface area contributed by atoms with E-state index >= 15 is 0 Å². The van der Waals surface area contributed by atoms with Gasteiger partial charge < -0.3 is 10.0 Å². The van der Waals surface area contributed by atoms with E-state index in [0.717, 1.165) is 5.56 Å². The molecule has 0 heterocycles. The summed E-state index contributed by atoms with van der Waals surface area (Å²) in [6.45, 7) is 3.63. The maximum absolute atomic E-state index is 11.6. The smallest absolute Gasteiger partial charge is 0.246 e. The van der Waals surface area contributed by atoms with Gasteiger partial charge in [-0.05, 0) is 25.5 Å². The van der Waals surface area contributed by atoms with Crippen molar-refractivity contribution in [3.8, 4) is 0 Å². The number of aliphatic hydroxyl groups excluding tert-OH is 1. The average Bonchev–Trinajstić information content (AvgIpc) is 2.37. The van der Waals surface area contributed by atoms with Crippen LogP contribution in [-0.2, 0) is 4.79 Å². The van der Waals surface area contributed by atoms with Crippen molar-refractivity contribution in [3.63, 3.8) is 0 Å². The molecule has 0 aliphatic heterocycles. The third-order valence-corrected chi connectivity index (χ3v) is 2.87. The largest absolute Gasteiger partial charge is 0.386 e. The summed E-state index contributed by atoms with van der Waals surface area (Å²) >= 11 is 0. The summed E-state index contributed by atoms with van der Waals surface area (Å²) in [7, 11) is 1.69. The second-order valence-electron chi connectivity index (χ2n) is 4.05. The molecular formula is C14H19NO2. The summed E-state index contributed by atoms with van der Waals surface area (Å²) in [5.41, 5.74) is 0.820. The van der Waals surface area contributed by atoms with Gasteiger partial charge in [-0.2, -0.15) is 0 Å². The van der Waals surface area contributed by atoms with Crippen LogP contribution in [-0.4, -0.2) is 29.0 Å². The topological polar surface area (TPSA) is 40.5 Å². The van der Waals surface area contributed by atoms with Gasteiger partial charge in [0.25, 0.3) is 0 Å². The van der Waals surface area contributed by atoms with Gasteiger partial charge in [0.1, 0.15) is 0 Å². The maximum Gasteiger partial charge on any atom is 0.246 e. The van der Waals surface area contributed by atoms with Crippen LogP contribution in [0.4, 0.5) is 0 Å². The van der Waals surface area contributed by atoms with Gasteiger partial charge in [-0.25, -0.2) is 0 Å². The van der Waals surface area contributed by atoms with E-state index in [2.05, 4.69) is 0 Å². The number of nitrogens with zero attached hydrogens (tertiary/aromatic N) is 1. The molecule has 1 N–H and O–H groups in total. The Hall–Kier alpha value is -1.61.